The molecule has 1 saturated carbocycles. The van der Waals surface area contributed by atoms with Crippen LogP contribution in [-0.2, 0) is 21.1 Å². The largest absolute Gasteiger partial charge is 0.444 e. The van der Waals surface area contributed by atoms with Crippen molar-refractivity contribution in [1.29, 1.82) is 0 Å². The normalized spacial score (nSPS) is 19.5. The van der Waals surface area contributed by atoms with E-state index in [-0.39, 0.29) is 37.2 Å². The molecule has 182 valence electrons. The van der Waals surface area contributed by atoms with Gasteiger partial charge < -0.3 is 20.7 Å². The number of amides is 3. The fraction of sp³-hybridized carbons (Fsp3) is 0.636. The minimum absolute atomic E-state index is 0.0156. The molecule has 1 aliphatic heterocycles. The maximum absolute atomic E-state index is 13.2. The number of carbonyl (C=O) groups is 3. The zero-order valence-electron chi connectivity index (χ0n) is 19.1. The van der Waals surface area contributed by atoms with Crippen LogP contribution in [0.2, 0.25) is 0 Å². The number of piperidine rings is 1. The van der Waals surface area contributed by atoms with Crippen LogP contribution in [0.1, 0.15) is 75.1 Å². The van der Waals surface area contributed by atoms with Crippen molar-refractivity contribution in [2.75, 3.05) is 13.1 Å². The van der Waals surface area contributed by atoms with Gasteiger partial charge in [-0.1, -0.05) is 6.92 Å². The first-order valence-corrected chi connectivity index (χ1v) is 10.8. The summed E-state index contributed by atoms with van der Waals surface area (Å²) in [4.78, 5) is 43.0. The third-order valence-corrected chi connectivity index (χ3v) is 6.10. The van der Waals surface area contributed by atoms with Gasteiger partial charge in [-0.15, -0.1) is 0 Å². The smallest absolute Gasteiger partial charge is 0.433 e. The highest BCUT2D eigenvalue weighted by molar-refractivity contribution is 6.00. The SMILES string of the molecule is CC(C)(C)OC(=O)N1CCC(NC(=O)c2ccc(C(F)(F)F)nc2C2(C)CC2)(C(N)=O)CC1. The number of nitrogens with zero attached hydrogens (tertiary/aromatic N) is 2. The standard InChI is InChI=1S/C22H29F3N4O4/c1-19(2,3)33-18(32)29-11-9-21(10-12-29,17(26)31)28-16(30)13-5-6-14(22(23,24)25)27-15(13)20(4)7-8-20/h5-6H,7-12H2,1-4H3,(H2,26,31)(H,28,30). The van der Waals surface area contributed by atoms with E-state index in [2.05, 4.69) is 10.3 Å². The Labute approximate surface area is 190 Å². The Morgan fingerprint density at radius 3 is 2.12 bits per heavy atom. The molecule has 0 atom stereocenters. The summed E-state index contributed by atoms with van der Waals surface area (Å²) >= 11 is 0. The van der Waals surface area contributed by atoms with E-state index in [0.29, 0.717) is 12.8 Å². The Morgan fingerprint density at radius 2 is 1.67 bits per heavy atom. The molecule has 2 heterocycles. The molecular formula is C22H29F3N4O4. The monoisotopic (exact) mass is 470 g/mol. The number of primary amides is 1. The van der Waals surface area contributed by atoms with E-state index < -0.39 is 46.3 Å². The number of ether oxygens (including phenoxy) is 1. The van der Waals surface area contributed by atoms with Crippen molar-refractivity contribution in [2.45, 2.75) is 76.1 Å². The first-order valence-electron chi connectivity index (χ1n) is 10.8. The number of nitrogens with two attached hydrogens (primary N) is 1. The Bertz CT molecular complexity index is 959. The topological polar surface area (TPSA) is 115 Å². The molecular weight excluding hydrogens is 441 g/mol. The van der Waals surface area contributed by atoms with Gasteiger partial charge in [-0.25, -0.2) is 9.78 Å². The highest BCUT2D eigenvalue weighted by atomic mass is 19.4. The second-order valence-electron chi connectivity index (χ2n) is 10.0. The maximum Gasteiger partial charge on any atom is 0.433 e. The second-order valence-corrected chi connectivity index (χ2v) is 10.0. The van der Waals surface area contributed by atoms with Crippen LogP contribution in [0.3, 0.4) is 0 Å². The van der Waals surface area contributed by atoms with E-state index in [4.69, 9.17) is 10.5 Å². The lowest BCUT2D eigenvalue weighted by Gasteiger charge is -2.40. The van der Waals surface area contributed by atoms with Gasteiger partial charge in [0, 0.05) is 18.5 Å². The lowest BCUT2D eigenvalue weighted by Crippen LogP contribution is -2.63. The molecule has 1 aromatic heterocycles. The predicted molar refractivity (Wildman–Crippen MR) is 112 cm³/mol. The summed E-state index contributed by atoms with van der Waals surface area (Å²) in [7, 11) is 0. The number of halogens is 3. The number of rotatable bonds is 4. The van der Waals surface area contributed by atoms with Crippen LogP contribution in [0.25, 0.3) is 0 Å². The van der Waals surface area contributed by atoms with Crippen LogP contribution < -0.4 is 11.1 Å². The van der Waals surface area contributed by atoms with E-state index >= 15 is 0 Å². The molecule has 1 aliphatic carbocycles. The summed E-state index contributed by atoms with van der Waals surface area (Å²) in [5.41, 5.74) is 1.82. The van der Waals surface area contributed by atoms with Crippen molar-refractivity contribution in [2.24, 2.45) is 5.73 Å². The third kappa shape index (κ3) is 5.39. The quantitative estimate of drug-likeness (QED) is 0.702. The number of likely N-dealkylation sites (tertiary alicyclic amines) is 1. The Kier molecular flexibility index (Phi) is 6.14. The van der Waals surface area contributed by atoms with Crippen molar-refractivity contribution >= 4 is 17.9 Å². The summed E-state index contributed by atoms with van der Waals surface area (Å²) in [6, 6.07) is 1.85. The van der Waals surface area contributed by atoms with E-state index in [1.54, 1.807) is 27.7 Å². The zero-order valence-corrected chi connectivity index (χ0v) is 19.1. The molecule has 0 bridgehead atoms. The summed E-state index contributed by atoms with van der Waals surface area (Å²) in [6.45, 7) is 7.19. The van der Waals surface area contributed by atoms with E-state index in [1.807, 2.05) is 0 Å². The molecule has 2 aliphatic rings. The predicted octanol–water partition coefficient (Wildman–Crippen LogP) is 3.14. The van der Waals surface area contributed by atoms with E-state index in [9.17, 15) is 27.6 Å². The van der Waals surface area contributed by atoms with Crippen LogP contribution in [0.5, 0.6) is 0 Å². The highest BCUT2D eigenvalue weighted by Crippen LogP contribution is 2.48. The van der Waals surface area contributed by atoms with Crippen LogP contribution in [0.4, 0.5) is 18.0 Å². The second kappa shape index (κ2) is 8.18. The summed E-state index contributed by atoms with van der Waals surface area (Å²) < 4.78 is 44.9. The zero-order chi connectivity index (χ0) is 24.8. The number of hydrogen-bond acceptors (Lipinski definition) is 5. The average molecular weight is 470 g/mol. The number of carbonyl (C=O) groups excluding carboxylic acids is 3. The van der Waals surface area contributed by atoms with Crippen molar-refractivity contribution < 1.29 is 32.3 Å². The van der Waals surface area contributed by atoms with Gasteiger partial charge in [0.25, 0.3) is 5.91 Å². The molecule has 0 radical (unpaired) electrons. The minimum atomic E-state index is -4.64. The average Bonchev–Trinajstić information content (AvgIpc) is 3.44. The lowest BCUT2D eigenvalue weighted by molar-refractivity contribution is -0.141. The van der Waals surface area contributed by atoms with Gasteiger partial charge in [0.1, 0.15) is 16.8 Å². The van der Waals surface area contributed by atoms with Gasteiger partial charge in [-0.05, 0) is 58.6 Å². The van der Waals surface area contributed by atoms with Gasteiger partial charge in [-0.3, -0.25) is 9.59 Å². The number of aromatic nitrogens is 1. The van der Waals surface area contributed by atoms with Crippen molar-refractivity contribution in [1.82, 2.24) is 15.2 Å². The first-order chi connectivity index (χ1) is 15.1. The summed E-state index contributed by atoms with van der Waals surface area (Å²) in [5, 5.41) is 2.64. The van der Waals surface area contributed by atoms with Crippen LogP contribution >= 0.6 is 0 Å². The van der Waals surface area contributed by atoms with Crippen molar-refractivity contribution in [3.63, 3.8) is 0 Å². The summed E-state index contributed by atoms with van der Waals surface area (Å²) in [6.07, 6.45) is -3.87. The molecule has 33 heavy (non-hydrogen) atoms. The van der Waals surface area contributed by atoms with Crippen LogP contribution in [-0.4, -0.2) is 52.0 Å². The fourth-order valence-electron chi connectivity index (χ4n) is 3.80. The van der Waals surface area contributed by atoms with Gasteiger partial charge in [-0.2, -0.15) is 13.2 Å². The molecule has 11 heteroatoms. The van der Waals surface area contributed by atoms with Gasteiger partial charge in [0.05, 0.1) is 11.3 Å². The van der Waals surface area contributed by atoms with Gasteiger partial charge in [0.2, 0.25) is 5.91 Å². The molecule has 3 N–H and O–H groups in total. The lowest BCUT2D eigenvalue weighted by atomic mass is 9.86. The molecule has 0 aromatic carbocycles. The van der Waals surface area contributed by atoms with Gasteiger partial charge >= 0.3 is 12.3 Å². The number of nitrogens with one attached hydrogen (secondary N) is 1. The van der Waals surface area contributed by atoms with Crippen LogP contribution in [0, 0.1) is 0 Å². The van der Waals surface area contributed by atoms with E-state index in [1.165, 1.54) is 4.90 Å². The third-order valence-electron chi connectivity index (χ3n) is 6.10. The van der Waals surface area contributed by atoms with Crippen molar-refractivity contribution in [3.8, 4) is 0 Å². The fourth-order valence-corrected chi connectivity index (χ4v) is 3.80. The maximum atomic E-state index is 13.2. The molecule has 1 aromatic rings. The molecule has 0 unspecified atom stereocenters. The highest BCUT2D eigenvalue weighted by Gasteiger charge is 2.47. The Morgan fingerprint density at radius 1 is 1.09 bits per heavy atom. The Hall–Kier alpha value is -2.85. The summed E-state index contributed by atoms with van der Waals surface area (Å²) in [5.74, 6) is -1.50. The molecule has 2 fully saturated rings. The molecule has 3 rings (SSSR count). The minimum Gasteiger partial charge on any atom is -0.444 e. The van der Waals surface area contributed by atoms with Gasteiger partial charge in [0.15, 0.2) is 0 Å². The van der Waals surface area contributed by atoms with Crippen LogP contribution in [0.15, 0.2) is 12.1 Å². The molecule has 0 spiro atoms. The molecule has 3 amide bonds. The molecule has 1 saturated heterocycles. The Balaban J connectivity index is 1.81. The van der Waals surface area contributed by atoms with E-state index in [0.717, 1.165) is 12.1 Å². The number of alkyl halides is 3. The van der Waals surface area contributed by atoms with Crippen molar-refractivity contribution in [3.05, 3.63) is 29.1 Å². The first kappa shape index (κ1) is 24.8. The number of hydrogen-bond donors (Lipinski definition) is 2. The molecule has 8 nitrogen and oxygen atoms in total. The number of pyridine rings is 1.